The third-order valence-electron chi connectivity index (χ3n) is 3.39. The zero-order valence-corrected chi connectivity index (χ0v) is 16.0. The maximum atomic E-state index is 13.1. The molecule has 144 valence electrons. The van der Waals surface area contributed by atoms with Gasteiger partial charge in [0.05, 0.1) is 15.5 Å². The number of anilines is 1. The highest BCUT2D eigenvalue weighted by atomic mass is 35.5. The Morgan fingerprint density at radius 1 is 1.19 bits per heavy atom. The molecule has 0 aromatic heterocycles. The lowest BCUT2D eigenvalue weighted by Crippen LogP contribution is -2.23. The van der Waals surface area contributed by atoms with Crippen LogP contribution >= 0.6 is 11.6 Å². The maximum absolute atomic E-state index is 13.1. The summed E-state index contributed by atoms with van der Waals surface area (Å²) in [6.45, 7) is -0.613. The van der Waals surface area contributed by atoms with Crippen LogP contribution in [0.25, 0.3) is 0 Å². The van der Waals surface area contributed by atoms with E-state index in [-0.39, 0.29) is 21.2 Å². The van der Waals surface area contributed by atoms with Crippen molar-refractivity contribution in [1.29, 1.82) is 0 Å². The van der Waals surface area contributed by atoms with E-state index in [1.807, 2.05) is 0 Å². The van der Waals surface area contributed by atoms with Crippen molar-refractivity contribution in [3.8, 4) is 0 Å². The Morgan fingerprint density at radius 2 is 1.89 bits per heavy atom. The molecule has 0 aliphatic heterocycles. The quantitative estimate of drug-likeness (QED) is 0.733. The monoisotopic (exact) mass is 414 g/mol. The van der Waals surface area contributed by atoms with E-state index >= 15 is 0 Å². The molecule has 0 fully saturated rings. The Bertz CT molecular complexity index is 979. The van der Waals surface area contributed by atoms with E-state index in [1.165, 1.54) is 44.4 Å². The molecule has 2 aromatic rings. The molecule has 0 aliphatic carbocycles. The van der Waals surface area contributed by atoms with Crippen molar-refractivity contribution in [1.82, 2.24) is 4.31 Å². The Kier molecular flexibility index (Phi) is 6.53. The first-order valence-corrected chi connectivity index (χ1v) is 9.37. The summed E-state index contributed by atoms with van der Waals surface area (Å²) < 4.78 is 43.2. The summed E-state index contributed by atoms with van der Waals surface area (Å²) in [5.41, 5.74) is 0.220. The summed E-state index contributed by atoms with van der Waals surface area (Å²) in [7, 11) is -0.974. The third-order valence-corrected chi connectivity index (χ3v) is 5.49. The Hall–Kier alpha value is -2.49. The number of rotatable bonds is 6. The largest absolute Gasteiger partial charge is 0.452 e. The Labute approximate surface area is 160 Å². The fraction of sp³-hybridized carbons (Fsp3) is 0.176. The average molecular weight is 415 g/mol. The highest BCUT2D eigenvalue weighted by molar-refractivity contribution is 7.89. The highest BCUT2D eigenvalue weighted by Crippen LogP contribution is 2.19. The van der Waals surface area contributed by atoms with Crippen LogP contribution in [0, 0.1) is 5.82 Å². The van der Waals surface area contributed by atoms with E-state index in [1.54, 1.807) is 0 Å². The van der Waals surface area contributed by atoms with Crippen LogP contribution in [0.2, 0.25) is 5.02 Å². The molecule has 0 saturated carbocycles. The first-order chi connectivity index (χ1) is 12.6. The van der Waals surface area contributed by atoms with E-state index in [2.05, 4.69) is 5.32 Å². The Morgan fingerprint density at radius 3 is 2.52 bits per heavy atom. The van der Waals surface area contributed by atoms with Crippen molar-refractivity contribution in [2.45, 2.75) is 4.90 Å². The van der Waals surface area contributed by atoms with Gasteiger partial charge in [0, 0.05) is 19.8 Å². The van der Waals surface area contributed by atoms with Gasteiger partial charge in [-0.25, -0.2) is 21.9 Å². The van der Waals surface area contributed by atoms with E-state index in [4.69, 9.17) is 16.3 Å². The Balaban J connectivity index is 2.01. The number of esters is 1. The molecule has 0 spiro atoms. The van der Waals surface area contributed by atoms with Gasteiger partial charge in [-0.1, -0.05) is 17.7 Å². The zero-order chi connectivity index (χ0) is 20.2. The lowest BCUT2D eigenvalue weighted by atomic mass is 10.2. The lowest BCUT2D eigenvalue weighted by Gasteiger charge is -2.12. The van der Waals surface area contributed by atoms with Gasteiger partial charge < -0.3 is 10.1 Å². The van der Waals surface area contributed by atoms with Crippen molar-refractivity contribution >= 4 is 39.2 Å². The van der Waals surface area contributed by atoms with Crippen LogP contribution in [0.1, 0.15) is 10.4 Å². The molecular formula is C17H16ClFN2O5S. The SMILES string of the molecule is CN(C)S(=O)(=O)c1cccc(C(=O)OCC(=O)Nc2ccc(F)c(Cl)c2)c1. The molecule has 0 saturated heterocycles. The van der Waals surface area contributed by atoms with Crippen molar-refractivity contribution in [3.05, 3.63) is 58.9 Å². The van der Waals surface area contributed by atoms with Gasteiger partial charge in [0.1, 0.15) is 5.82 Å². The molecule has 7 nitrogen and oxygen atoms in total. The highest BCUT2D eigenvalue weighted by Gasteiger charge is 2.19. The summed E-state index contributed by atoms with van der Waals surface area (Å²) in [6, 6.07) is 8.87. The van der Waals surface area contributed by atoms with Crippen molar-refractivity contribution < 1.29 is 27.1 Å². The van der Waals surface area contributed by atoms with Crippen molar-refractivity contribution in [2.24, 2.45) is 0 Å². The smallest absolute Gasteiger partial charge is 0.338 e. The van der Waals surface area contributed by atoms with Crippen LogP contribution in [0.4, 0.5) is 10.1 Å². The zero-order valence-electron chi connectivity index (χ0n) is 14.4. The number of benzene rings is 2. The fourth-order valence-corrected chi connectivity index (χ4v) is 3.11. The first-order valence-electron chi connectivity index (χ1n) is 7.56. The standard InChI is InChI=1S/C17H16ClFN2O5S/c1-21(2)27(24,25)13-5-3-4-11(8-13)17(23)26-10-16(22)20-12-6-7-15(19)14(18)9-12/h3-9H,10H2,1-2H3,(H,20,22). The van der Waals surface area contributed by atoms with Gasteiger partial charge in [-0.2, -0.15) is 0 Å². The van der Waals surface area contributed by atoms with Crippen LogP contribution in [0.3, 0.4) is 0 Å². The van der Waals surface area contributed by atoms with Crippen LogP contribution < -0.4 is 5.32 Å². The van der Waals surface area contributed by atoms with Crippen LogP contribution in [-0.2, 0) is 19.6 Å². The van der Waals surface area contributed by atoms with Crippen LogP contribution in [0.15, 0.2) is 47.4 Å². The molecule has 0 radical (unpaired) electrons. The second-order valence-corrected chi connectivity index (χ2v) is 8.13. The molecule has 2 rings (SSSR count). The van der Waals surface area contributed by atoms with E-state index in [0.29, 0.717) is 0 Å². The summed E-state index contributed by atoms with van der Waals surface area (Å²) >= 11 is 5.61. The second-order valence-electron chi connectivity index (χ2n) is 5.57. The lowest BCUT2D eigenvalue weighted by molar-refractivity contribution is -0.119. The molecule has 2 aromatic carbocycles. The summed E-state index contributed by atoms with van der Waals surface area (Å²) in [4.78, 5) is 23.8. The molecule has 27 heavy (non-hydrogen) atoms. The number of ether oxygens (including phenoxy) is 1. The molecule has 10 heteroatoms. The topological polar surface area (TPSA) is 92.8 Å². The number of halogens is 2. The maximum Gasteiger partial charge on any atom is 0.338 e. The van der Waals surface area contributed by atoms with Gasteiger partial charge in [0.25, 0.3) is 5.91 Å². The molecular weight excluding hydrogens is 399 g/mol. The first kappa shape index (κ1) is 20.8. The minimum Gasteiger partial charge on any atom is -0.452 e. The molecule has 0 bridgehead atoms. The van der Waals surface area contributed by atoms with E-state index < -0.39 is 34.3 Å². The van der Waals surface area contributed by atoms with Gasteiger partial charge in [0.15, 0.2) is 6.61 Å². The fourth-order valence-electron chi connectivity index (χ4n) is 1.98. The molecule has 1 amide bonds. The summed E-state index contributed by atoms with van der Waals surface area (Å²) in [5.74, 6) is -2.16. The molecule has 1 N–H and O–H groups in total. The number of hydrogen-bond donors (Lipinski definition) is 1. The molecule has 0 atom stereocenters. The second kappa shape index (κ2) is 8.47. The number of sulfonamides is 1. The predicted octanol–water partition coefficient (Wildman–Crippen LogP) is 2.52. The van der Waals surface area contributed by atoms with Gasteiger partial charge in [-0.15, -0.1) is 0 Å². The third kappa shape index (κ3) is 5.25. The molecule has 0 unspecified atom stereocenters. The van der Waals surface area contributed by atoms with Crippen molar-refractivity contribution in [3.63, 3.8) is 0 Å². The van der Waals surface area contributed by atoms with Crippen molar-refractivity contribution in [2.75, 3.05) is 26.0 Å². The van der Waals surface area contributed by atoms with Crippen LogP contribution in [0.5, 0.6) is 0 Å². The molecule has 0 heterocycles. The average Bonchev–Trinajstić information content (AvgIpc) is 2.62. The van der Waals surface area contributed by atoms with E-state index in [0.717, 1.165) is 16.4 Å². The van der Waals surface area contributed by atoms with Gasteiger partial charge in [-0.3, -0.25) is 4.79 Å². The summed E-state index contributed by atoms with van der Waals surface area (Å²) in [5, 5.41) is 2.23. The van der Waals surface area contributed by atoms with E-state index in [9.17, 15) is 22.4 Å². The van der Waals surface area contributed by atoms with Gasteiger partial charge in [0.2, 0.25) is 10.0 Å². The van der Waals surface area contributed by atoms with Gasteiger partial charge in [-0.05, 0) is 36.4 Å². The number of nitrogens with one attached hydrogen (secondary N) is 1. The number of hydrogen-bond acceptors (Lipinski definition) is 5. The normalized spacial score (nSPS) is 11.3. The van der Waals surface area contributed by atoms with Gasteiger partial charge >= 0.3 is 5.97 Å². The van der Waals surface area contributed by atoms with Crippen LogP contribution in [-0.4, -0.2) is 45.3 Å². The number of nitrogens with zero attached hydrogens (tertiary/aromatic N) is 1. The summed E-state index contributed by atoms with van der Waals surface area (Å²) in [6.07, 6.45) is 0. The minimum atomic E-state index is -3.71. The molecule has 0 aliphatic rings. The minimum absolute atomic E-state index is 0.0180. The number of carbonyl (C=O) groups is 2. The number of carbonyl (C=O) groups excluding carboxylic acids is 2. The predicted molar refractivity (Wildman–Crippen MR) is 97.6 cm³/mol. The number of amides is 1.